The van der Waals surface area contributed by atoms with Gasteiger partial charge in [0.05, 0.1) is 0 Å². The molecule has 2 saturated carbocycles. The molecule has 3 atom stereocenters. The summed E-state index contributed by atoms with van der Waals surface area (Å²) in [6.07, 6.45) is 6.80. The predicted octanol–water partition coefficient (Wildman–Crippen LogP) is 2.29. The van der Waals surface area contributed by atoms with Crippen LogP contribution in [-0.2, 0) is 4.79 Å². The van der Waals surface area contributed by atoms with E-state index >= 15 is 0 Å². The SMILES string of the molecule is O=C(O)CCC1CC2CCC1C2. The lowest BCUT2D eigenvalue weighted by Gasteiger charge is -2.20. The summed E-state index contributed by atoms with van der Waals surface area (Å²) in [6, 6.07) is 0. The minimum Gasteiger partial charge on any atom is -0.481 e. The van der Waals surface area contributed by atoms with Crippen LogP contribution in [0, 0.1) is 17.8 Å². The van der Waals surface area contributed by atoms with Crippen molar-refractivity contribution in [2.75, 3.05) is 0 Å². The zero-order chi connectivity index (χ0) is 8.55. The number of carboxylic acid groups (broad SMARTS) is 1. The molecule has 2 aliphatic rings. The van der Waals surface area contributed by atoms with Crippen LogP contribution in [0.25, 0.3) is 0 Å². The molecule has 0 spiro atoms. The highest BCUT2D eigenvalue weighted by Crippen LogP contribution is 2.49. The van der Waals surface area contributed by atoms with Crippen LogP contribution in [0.15, 0.2) is 0 Å². The fourth-order valence-corrected chi connectivity index (χ4v) is 3.04. The minimum absolute atomic E-state index is 0.383. The lowest BCUT2D eigenvalue weighted by atomic mass is 9.85. The van der Waals surface area contributed by atoms with Gasteiger partial charge in [-0.2, -0.15) is 0 Å². The van der Waals surface area contributed by atoms with Gasteiger partial charge in [-0.3, -0.25) is 4.79 Å². The maximum atomic E-state index is 10.4. The Morgan fingerprint density at radius 3 is 2.67 bits per heavy atom. The van der Waals surface area contributed by atoms with Crippen molar-refractivity contribution in [3.63, 3.8) is 0 Å². The topological polar surface area (TPSA) is 37.3 Å². The van der Waals surface area contributed by atoms with E-state index in [0.717, 1.165) is 24.2 Å². The number of hydrogen-bond donors (Lipinski definition) is 1. The van der Waals surface area contributed by atoms with E-state index in [1.54, 1.807) is 0 Å². The van der Waals surface area contributed by atoms with Gasteiger partial charge < -0.3 is 5.11 Å². The van der Waals surface area contributed by atoms with Crippen molar-refractivity contribution >= 4 is 5.97 Å². The van der Waals surface area contributed by atoms with Crippen molar-refractivity contribution in [2.24, 2.45) is 17.8 Å². The summed E-state index contributed by atoms with van der Waals surface area (Å²) in [6.45, 7) is 0. The minimum atomic E-state index is -0.627. The van der Waals surface area contributed by atoms with E-state index in [1.807, 2.05) is 0 Å². The number of carboxylic acids is 1. The van der Waals surface area contributed by atoms with Gasteiger partial charge in [0, 0.05) is 6.42 Å². The van der Waals surface area contributed by atoms with Crippen LogP contribution in [0.2, 0.25) is 0 Å². The molecular weight excluding hydrogens is 152 g/mol. The number of aliphatic carboxylic acids is 1. The van der Waals surface area contributed by atoms with Crippen LogP contribution in [0.5, 0.6) is 0 Å². The highest BCUT2D eigenvalue weighted by molar-refractivity contribution is 5.66. The van der Waals surface area contributed by atoms with Gasteiger partial charge in [0.1, 0.15) is 0 Å². The second kappa shape index (κ2) is 3.08. The molecule has 68 valence electrons. The zero-order valence-corrected chi connectivity index (χ0v) is 7.33. The van der Waals surface area contributed by atoms with Gasteiger partial charge in [-0.25, -0.2) is 0 Å². The molecule has 0 aromatic rings. The Labute approximate surface area is 73.0 Å². The Morgan fingerprint density at radius 1 is 1.33 bits per heavy atom. The van der Waals surface area contributed by atoms with Crippen LogP contribution in [0.1, 0.15) is 38.5 Å². The summed E-state index contributed by atoms with van der Waals surface area (Å²) in [5.41, 5.74) is 0. The second-order valence-corrected chi connectivity index (χ2v) is 4.37. The van der Waals surface area contributed by atoms with Crippen LogP contribution in [0.4, 0.5) is 0 Å². The lowest BCUT2D eigenvalue weighted by molar-refractivity contribution is -0.137. The van der Waals surface area contributed by atoms with Crippen LogP contribution < -0.4 is 0 Å². The molecule has 12 heavy (non-hydrogen) atoms. The Kier molecular flexibility index (Phi) is 2.07. The van der Waals surface area contributed by atoms with Crippen molar-refractivity contribution in [3.05, 3.63) is 0 Å². The quantitative estimate of drug-likeness (QED) is 0.702. The molecule has 1 N–H and O–H groups in total. The number of rotatable bonds is 3. The molecule has 0 saturated heterocycles. The molecule has 3 unspecified atom stereocenters. The van der Waals surface area contributed by atoms with E-state index in [2.05, 4.69) is 0 Å². The van der Waals surface area contributed by atoms with Gasteiger partial charge >= 0.3 is 5.97 Å². The Bertz CT molecular complexity index is 188. The summed E-state index contributed by atoms with van der Waals surface area (Å²) in [5.74, 6) is 1.96. The molecule has 0 aromatic heterocycles. The molecule has 2 bridgehead atoms. The van der Waals surface area contributed by atoms with Crippen molar-refractivity contribution in [2.45, 2.75) is 38.5 Å². The summed E-state index contributed by atoms with van der Waals surface area (Å²) in [7, 11) is 0. The first-order chi connectivity index (χ1) is 5.75. The zero-order valence-electron chi connectivity index (χ0n) is 7.33. The summed E-state index contributed by atoms with van der Waals surface area (Å²) in [4.78, 5) is 10.4. The summed E-state index contributed by atoms with van der Waals surface area (Å²) < 4.78 is 0. The molecule has 0 amide bonds. The molecular formula is C10H16O2. The highest BCUT2D eigenvalue weighted by Gasteiger charge is 2.38. The summed E-state index contributed by atoms with van der Waals surface area (Å²) in [5, 5.41) is 8.54. The molecule has 0 aromatic carbocycles. The number of fused-ring (bicyclic) bond motifs is 2. The number of hydrogen-bond acceptors (Lipinski definition) is 1. The van der Waals surface area contributed by atoms with Gasteiger partial charge in [0.25, 0.3) is 0 Å². The van der Waals surface area contributed by atoms with E-state index in [-0.39, 0.29) is 0 Å². The van der Waals surface area contributed by atoms with E-state index in [0.29, 0.717) is 6.42 Å². The highest BCUT2D eigenvalue weighted by atomic mass is 16.4. The van der Waals surface area contributed by atoms with E-state index in [4.69, 9.17) is 5.11 Å². The molecule has 2 aliphatic carbocycles. The molecule has 2 nitrogen and oxygen atoms in total. The van der Waals surface area contributed by atoms with E-state index in [1.165, 1.54) is 25.7 Å². The lowest BCUT2D eigenvalue weighted by Crippen LogP contribution is -2.11. The molecule has 2 heteroatoms. The maximum absolute atomic E-state index is 10.4. The Hall–Kier alpha value is -0.530. The average Bonchev–Trinajstić information content (AvgIpc) is 2.60. The largest absolute Gasteiger partial charge is 0.481 e. The van der Waals surface area contributed by atoms with E-state index in [9.17, 15) is 4.79 Å². The summed E-state index contributed by atoms with van der Waals surface area (Å²) >= 11 is 0. The first kappa shape index (κ1) is 8.09. The monoisotopic (exact) mass is 168 g/mol. The van der Waals surface area contributed by atoms with E-state index < -0.39 is 5.97 Å². The third-order valence-corrected chi connectivity index (χ3v) is 3.61. The predicted molar refractivity (Wildman–Crippen MR) is 45.8 cm³/mol. The van der Waals surface area contributed by atoms with Crippen molar-refractivity contribution in [3.8, 4) is 0 Å². The van der Waals surface area contributed by atoms with Gasteiger partial charge in [-0.05, 0) is 43.4 Å². The molecule has 2 rings (SSSR count). The van der Waals surface area contributed by atoms with Crippen LogP contribution in [-0.4, -0.2) is 11.1 Å². The fourth-order valence-electron chi connectivity index (χ4n) is 3.04. The Morgan fingerprint density at radius 2 is 2.17 bits per heavy atom. The van der Waals surface area contributed by atoms with Gasteiger partial charge in [-0.15, -0.1) is 0 Å². The second-order valence-electron chi connectivity index (χ2n) is 4.37. The van der Waals surface area contributed by atoms with Gasteiger partial charge in [0.15, 0.2) is 0 Å². The third kappa shape index (κ3) is 1.47. The first-order valence-electron chi connectivity index (χ1n) is 4.97. The van der Waals surface area contributed by atoms with Gasteiger partial charge in [0.2, 0.25) is 0 Å². The maximum Gasteiger partial charge on any atom is 0.303 e. The Balaban J connectivity index is 1.79. The third-order valence-electron chi connectivity index (χ3n) is 3.61. The normalized spacial score (nSPS) is 38.8. The molecule has 0 aliphatic heterocycles. The first-order valence-corrected chi connectivity index (χ1v) is 4.97. The van der Waals surface area contributed by atoms with Crippen molar-refractivity contribution < 1.29 is 9.90 Å². The number of carbonyl (C=O) groups is 1. The standard InChI is InChI=1S/C10H16O2/c11-10(12)4-3-9-6-7-1-2-8(9)5-7/h7-9H,1-6H2,(H,11,12). The van der Waals surface area contributed by atoms with Crippen LogP contribution in [0.3, 0.4) is 0 Å². The molecule has 2 fully saturated rings. The van der Waals surface area contributed by atoms with Gasteiger partial charge in [-0.1, -0.05) is 6.42 Å². The molecule has 0 radical (unpaired) electrons. The van der Waals surface area contributed by atoms with Crippen molar-refractivity contribution in [1.29, 1.82) is 0 Å². The smallest absolute Gasteiger partial charge is 0.303 e. The average molecular weight is 168 g/mol. The molecule has 0 heterocycles. The van der Waals surface area contributed by atoms with Crippen LogP contribution >= 0.6 is 0 Å². The fraction of sp³-hybridized carbons (Fsp3) is 0.900. The van der Waals surface area contributed by atoms with Crippen molar-refractivity contribution in [1.82, 2.24) is 0 Å².